The zero-order chi connectivity index (χ0) is 12.1. The van der Waals surface area contributed by atoms with Gasteiger partial charge in [-0.25, -0.2) is 0 Å². The van der Waals surface area contributed by atoms with Crippen molar-refractivity contribution < 1.29 is 0 Å². The molecule has 0 spiro atoms. The number of aromatic nitrogens is 2. The van der Waals surface area contributed by atoms with Crippen molar-refractivity contribution in [3.63, 3.8) is 0 Å². The van der Waals surface area contributed by atoms with Gasteiger partial charge in [0.1, 0.15) is 0 Å². The number of benzene rings is 1. The Labute approximate surface area is 102 Å². The molecule has 1 N–H and O–H groups in total. The smallest absolute Gasteiger partial charge is 0.0660 e. The van der Waals surface area contributed by atoms with Gasteiger partial charge < -0.3 is 5.32 Å². The molecule has 1 aromatic carbocycles. The quantitative estimate of drug-likeness (QED) is 0.854. The van der Waals surface area contributed by atoms with Gasteiger partial charge in [0.2, 0.25) is 0 Å². The van der Waals surface area contributed by atoms with E-state index in [9.17, 15) is 0 Å². The van der Waals surface area contributed by atoms with Crippen LogP contribution in [0.3, 0.4) is 0 Å². The van der Waals surface area contributed by atoms with Gasteiger partial charge in [-0.05, 0) is 29.7 Å². The zero-order valence-corrected chi connectivity index (χ0v) is 10.4. The molecule has 0 saturated heterocycles. The van der Waals surface area contributed by atoms with E-state index in [4.69, 9.17) is 0 Å². The summed E-state index contributed by atoms with van der Waals surface area (Å²) < 4.78 is 1.93. The first kappa shape index (κ1) is 11.7. The predicted octanol–water partition coefficient (Wildman–Crippen LogP) is 3.00. The molecule has 0 unspecified atom stereocenters. The maximum atomic E-state index is 4.21. The van der Waals surface area contributed by atoms with Crippen LogP contribution in [0, 0.1) is 5.92 Å². The lowest BCUT2D eigenvalue weighted by molar-refractivity contribution is 0.683. The van der Waals surface area contributed by atoms with Crippen molar-refractivity contribution in [3.05, 3.63) is 48.3 Å². The van der Waals surface area contributed by atoms with E-state index in [-0.39, 0.29) is 0 Å². The van der Waals surface area contributed by atoms with Gasteiger partial charge in [0.25, 0.3) is 0 Å². The Morgan fingerprint density at radius 3 is 2.88 bits per heavy atom. The van der Waals surface area contributed by atoms with Gasteiger partial charge in [-0.1, -0.05) is 26.0 Å². The lowest BCUT2D eigenvalue weighted by Gasteiger charge is -2.10. The molecule has 0 aliphatic rings. The minimum absolute atomic E-state index is 0.657. The van der Waals surface area contributed by atoms with Crippen LogP contribution in [-0.4, -0.2) is 16.3 Å². The summed E-state index contributed by atoms with van der Waals surface area (Å²) in [6, 6.07) is 10.4. The largest absolute Gasteiger partial charge is 0.385 e. The molecule has 0 radical (unpaired) electrons. The van der Waals surface area contributed by atoms with Gasteiger partial charge in [-0.2, -0.15) is 5.10 Å². The van der Waals surface area contributed by atoms with Crippen LogP contribution in [-0.2, 0) is 6.54 Å². The minimum atomic E-state index is 0.657. The highest BCUT2D eigenvalue weighted by Gasteiger charge is 1.98. The summed E-state index contributed by atoms with van der Waals surface area (Å²) in [5, 5.41) is 7.65. The predicted molar refractivity (Wildman–Crippen MR) is 71.1 cm³/mol. The van der Waals surface area contributed by atoms with E-state index in [2.05, 4.69) is 48.5 Å². The van der Waals surface area contributed by atoms with Crippen molar-refractivity contribution in [1.29, 1.82) is 0 Å². The molecule has 17 heavy (non-hydrogen) atoms. The Morgan fingerprint density at radius 1 is 1.29 bits per heavy atom. The summed E-state index contributed by atoms with van der Waals surface area (Å²) in [5.41, 5.74) is 2.45. The molecular formula is C14H19N3. The summed E-state index contributed by atoms with van der Waals surface area (Å²) in [4.78, 5) is 0. The van der Waals surface area contributed by atoms with Crippen molar-refractivity contribution >= 4 is 5.69 Å². The molecule has 3 heteroatoms. The first-order valence-electron chi connectivity index (χ1n) is 6.04. The van der Waals surface area contributed by atoms with Crippen LogP contribution < -0.4 is 5.32 Å². The molecule has 3 nitrogen and oxygen atoms in total. The summed E-state index contributed by atoms with van der Waals surface area (Å²) in [6.07, 6.45) is 3.79. The molecular weight excluding hydrogens is 210 g/mol. The van der Waals surface area contributed by atoms with E-state index in [1.54, 1.807) is 6.20 Å². The first-order valence-corrected chi connectivity index (χ1v) is 6.04. The van der Waals surface area contributed by atoms with Gasteiger partial charge >= 0.3 is 0 Å². The number of hydrogen-bond acceptors (Lipinski definition) is 2. The average Bonchev–Trinajstić information content (AvgIpc) is 2.80. The number of hydrogen-bond donors (Lipinski definition) is 1. The second kappa shape index (κ2) is 5.53. The van der Waals surface area contributed by atoms with Crippen LogP contribution in [0.25, 0.3) is 0 Å². The van der Waals surface area contributed by atoms with Crippen molar-refractivity contribution in [1.82, 2.24) is 9.78 Å². The van der Waals surface area contributed by atoms with Crippen molar-refractivity contribution in [3.8, 4) is 0 Å². The Bertz CT molecular complexity index is 446. The van der Waals surface area contributed by atoms with E-state index >= 15 is 0 Å². The third kappa shape index (κ3) is 3.63. The lowest BCUT2D eigenvalue weighted by Crippen LogP contribution is -2.08. The van der Waals surface area contributed by atoms with E-state index in [0.29, 0.717) is 5.92 Å². The van der Waals surface area contributed by atoms with Crippen LogP contribution in [0.4, 0.5) is 5.69 Å². The standard InChI is InChI=1S/C14H19N3/c1-12(2)10-15-14-6-3-5-13(9-14)11-17-8-4-7-16-17/h3-9,12,15H,10-11H2,1-2H3. The van der Waals surface area contributed by atoms with Gasteiger partial charge in [-0.15, -0.1) is 0 Å². The molecule has 0 amide bonds. The number of rotatable bonds is 5. The van der Waals surface area contributed by atoms with Crippen LogP contribution in [0.15, 0.2) is 42.7 Å². The normalized spacial score (nSPS) is 10.8. The maximum Gasteiger partial charge on any atom is 0.0660 e. The third-order valence-corrected chi connectivity index (χ3v) is 2.55. The Hall–Kier alpha value is -1.77. The second-order valence-corrected chi connectivity index (χ2v) is 4.68. The van der Waals surface area contributed by atoms with Gasteiger partial charge in [-0.3, -0.25) is 4.68 Å². The van der Waals surface area contributed by atoms with Crippen molar-refractivity contribution in [2.45, 2.75) is 20.4 Å². The Kier molecular flexibility index (Phi) is 3.81. The highest BCUT2D eigenvalue weighted by Crippen LogP contribution is 2.12. The Morgan fingerprint density at radius 2 is 2.18 bits per heavy atom. The van der Waals surface area contributed by atoms with Gasteiger partial charge in [0.05, 0.1) is 6.54 Å². The monoisotopic (exact) mass is 229 g/mol. The van der Waals surface area contributed by atoms with E-state index in [1.165, 1.54) is 11.3 Å². The SMILES string of the molecule is CC(C)CNc1cccc(Cn2cccn2)c1. The molecule has 0 fully saturated rings. The fourth-order valence-electron chi connectivity index (χ4n) is 1.68. The minimum Gasteiger partial charge on any atom is -0.385 e. The van der Waals surface area contributed by atoms with Crippen LogP contribution in [0.2, 0.25) is 0 Å². The fourth-order valence-corrected chi connectivity index (χ4v) is 1.68. The second-order valence-electron chi connectivity index (χ2n) is 4.68. The van der Waals surface area contributed by atoms with Crippen molar-refractivity contribution in [2.75, 3.05) is 11.9 Å². The fraction of sp³-hybridized carbons (Fsp3) is 0.357. The third-order valence-electron chi connectivity index (χ3n) is 2.55. The number of nitrogens with one attached hydrogen (secondary N) is 1. The molecule has 2 aromatic rings. The van der Waals surface area contributed by atoms with Gasteiger partial charge in [0, 0.05) is 24.6 Å². The molecule has 90 valence electrons. The van der Waals surface area contributed by atoms with Crippen LogP contribution >= 0.6 is 0 Å². The summed E-state index contributed by atoms with van der Waals surface area (Å²) in [7, 11) is 0. The maximum absolute atomic E-state index is 4.21. The number of nitrogens with zero attached hydrogens (tertiary/aromatic N) is 2. The highest BCUT2D eigenvalue weighted by molar-refractivity contribution is 5.45. The van der Waals surface area contributed by atoms with Gasteiger partial charge in [0.15, 0.2) is 0 Å². The molecule has 2 rings (SSSR count). The summed E-state index contributed by atoms with van der Waals surface area (Å²) >= 11 is 0. The Balaban J connectivity index is 2.01. The van der Waals surface area contributed by atoms with E-state index in [1.807, 2.05) is 16.9 Å². The zero-order valence-electron chi connectivity index (χ0n) is 10.4. The van der Waals surface area contributed by atoms with Crippen LogP contribution in [0.5, 0.6) is 0 Å². The summed E-state index contributed by atoms with van der Waals surface area (Å²) in [6.45, 7) is 6.25. The molecule has 0 saturated carbocycles. The summed E-state index contributed by atoms with van der Waals surface area (Å²) in [5.74, 6) is 0.657. The lowest BCUT2D eigenvalue weighted by atomic mass is 10.2. The highest BCUT2D eigenvalue weighted by atomic mass is 15.3. The van der Waals surface area contributed by atoms with Crippen molar-refractivity contribution in [2.24, 2.45) is 5.92 Å². The molecule has 0 bridgehead atoms. The van der Waals surface area contributed by atoms with E-state index in [0.717, 1.165) is 13.1 Å². The molecule has 0 atom stereocenters. The molecule has 0 aliphatic carbocycles. The molecule has 1 aromatic heterocycles. The topological polar surface area (TPSA) is 29.9 Å². The molecule has 1 heterocycles. The average molecular weight is 229 g/mol. The van der Waals surface area contributed by atoms with E-state index < -0.39 is 0 Å². The first-order chi connectivity index (χ1) is 8.24. The van der Waals surface area contributed by atoms with Crippen LogP contribution in [0.1, 0.15) is 19.4 Å². The number of anilines is 1. The molecule has 0 aliphatic heterocycles.